The van der Waals surface area contributed by atoms with Crippen molar-refractivity contribution in [3.63, 3.8) is 0 Å². The molecule has 0 saturated heterocycles. The molecule has 0 amide bonds. The number of hydrogen-bond acceptors (Lipinski definition) is 6. The lowest BCUT2D eigenvalue weighted by Crippen LogP contribution is -2.49. The van der Waals surface area contributed by atoms with Crippen LogP contribution in [0.4, 0.5) is 5.82 Å². The zero-order chi connectivity index (χ0) is 26.6. The van der Waals surface area contributed by atoms with Gasteiger partial charge in [0.2, 0.25) is 10.0 Å². The van der Waals surface area contributed by atoms with Crippen LogP contribution in [0.25, 0.3) is 0 Å². The molecule has 0 spiro atoms. The number of sulfonamides is 1. The van der Waals surface area contributed by atoms with Crippen LogP contribution < -0.4 is 20.1 Å². The highest BCUT2D eigenvalue weighted by Crippen LogP contribution is 2.53. The number of hydrogen-bond donors (Lipinski definition) is 3. The molecule has 1 fully saturated rings. The van der Waals surface area contributed by atoms with Crippen LogP contribution in [0.2, 0.25) is 5.02 Å². The quantitative estimate of drug-likeness (QED) is 0.250. The Morgan fingerprint density at radius 2 is 1.90 bits per heavy atom. The van der Waals surface area contributed by atoms with Crippen LogP contribution in [0.15, 0.2) is 65.7 Å². The Balaban J connectivity index is 0.00000353. The van der Waals surface area contributed by atoms with Gasteiger partial charge in [-0.15, -0.1) is 12.4 Å². The zero-order valence-electron chi connectivity index (χ0n) is 22.1. The first-order valence-corrected chi connectivity index (χ1v) is 15.2. The number of rotatable bonds is 11. The minimum absolute atomic E-state index is 0. The summed E-state index contributed by atoms with van der Waals surface area (Å²) in [6.45, 7) is 4.17. The third kappa shape index (κ3) is 6.52. The van der Waals surface area contributed by atoms with Crippen molar-refractivity contribution >= 4 is 39.8 Å². The number of halogens is 2. The summed E-state index contributed by atoms with van der Waals surface area (Å²) in [6.07, 6.45) is 6.78. The van der Waals surface area contributed by atoms with Crippen LogP contribution in [0.5, 0.6) is 5.75 Å². The predicted octanol–water partition coefficient (Wildman–Crippen LogP) is 5.64. The molecule has 2 heterocycles. The normalized spacial score (nSPS) is 17.8. The second kappa shape index (κ2) is 12.9. The molecule has 1 aromatic heterocycles. The lowest BCUT2D eigenvalue weighted by Gasteiger charge is -2.50. The Morgan fingerprint density at radius 3 is 2.56 bits per heavy atom. The maximum absolute atomic E-state index is 12.7. The summed E-state index contributed by atoms with van der Waals surface area (Å²) in [5.41, 5.74) is 3.98. The number of nitrogens with one attached hydrogen (secondary N) is 3. The van der Waals surface area contributed by atoms with Crippen molar-refractivity contribution < 1.29 is 13.2 Å². The fraction of sp³-hybridized carbons (Fsp3) is 0.414. The van der Waals surface area contributed by atoms with E-state index in [1.807, 2.05) is 18.2 Å². The highest BCUT2D eigenvalue weighted by Gasteiger charge is 2.47. The molecule has 0 radical (unpaired) electrons. The highest BCUT2D eigenvalue weighted by atomic mass is 35.5. The minimum atomic E-state index is -3.66. The molecule has 1 atom stereocenters. The lowest BCUT2D eigenvalue weighted by molar-refractivity contribution is 0.164. The molecule has 2 aromatic carbocycles. The molecule has 2 aliphatic rings. The number of benzene rings is 2. The van der Waals surface area contributed by atoms with Gasteiger partial charge >= 0.3 is 0 Å². The fourth-order valence-corrected chi connectivity index (χ4v) is 6.61. The molecule has 3 aromatic rings. The monoisotopic (exact) mass is 590 g/mol. The van der Waals surface area contributed by atoms with Crippen molar-refractivity contribution in [3.8, 4) is 5.75 Å². The van der Waals surface area contributed by atoms with Gasteiger partial charge in [-0.1, -0.05) is 43.1 Å². The molecule has 210 valence electrons. The van der Waals surface area contributed by atoms with Crippen molar-refractivity contribution in [1.82, 2.24) is 15.0 Å². The topological polar surface area (TPSA) is 92.4 Å². The molecular formula is C29H36Cl2N4O3S. The SMILES string of the molecule is CCCNc1ccc(S(=O)(=O)NCCOc2ccc3c(c2)C(C2(c4ccc(Cl)cc4)CCC2)NCC3)cn1.Cl. The molecule has 39 heavy (non-hydrogen) atoms. The van der Waals surface area contributed by atoms with Gasteiger partial charge in [-0.3, -0.25) is 0 Å². The summed E-state index contributed by atoms with van der Waals surface area (Å²) in [5, 5.41) is 7.68. The van der Waals surface area contributed by atoms with E-state index < -0.39 is 10.0 Å². The maximum Gasteiger partial charge on any atom is 0.242 e. The van der Waals surface area contributed by atoms with Crippen molar-refractivity contribution in [2.45, 2.75) is 55.4 Å². The molecule has 0 bridgehead atoms. The van der Waals surface area contributed by atoms with Gasteiger partial charge in [-0.2, -0.15) is 0 Å². The summed E-state index contributed by atoms with van der Waals surface area (Å²) < 4.78 is 33.9. The molecule has 1 aliphatic heterocycles. The van der Waals surface area contributed by atoms with Crippen LogP contribution in [0, 0.1) is 0 Å². The van der Waals surface area contributed by atoms with Crippen LogP contribution in [0.1, 0.15) is 55.3 Å². The van der Waals surface area contributed by atoms with Gasteiger partial charge < -0.3 is 15.4 Å². The van der Waals surface area contributed by atoms with Gasteiger partial charge in [-0.05, 0) is 85.3 Å². The van der Waals surface area contributed by atoms with Crippen LogP contribution in [-0.2, 0) is 21.9 Å². The molecule has 3 N–H and O–H groups in total. The highest BCUT2D eigenvalue weighted by molar-refractivity contribution is 7.89. The lowest BCUT2D eigenvalue weighted by atomic mass is 9.58. The summed E-state index contributed by atoms with van der Waals surface area (Å²) in [4.78, 5) is 4.32. The van der Waals surface area contributed by atoms with Gasteiger partial charge in [-0.25, -0.2) is 18.1 Å². The van der Waals surface area contributed by atoms with E-state index in [-0.39, 0.29) is 41.9 Å². The number of pyridine rings is 1. The fourth-order valence-electron chi connectivity index (χ4n) is 5.52. The van der Waals surface area contributed by atoms with Gasteiger partial charge in [0.05, 0.1) is 0 Å². The maximum atomic E-state index is 12.7. The van der Waals surface area contributed by atoms with Crippen molar-refractivity contribution in [2.75, 3.05) is 31.6 Å². The van der Waals surface area contributed by atoms with E-state index >= 15 is 0 Å². The van der Waals surface area contributed by atoms with Crippen LogP contribution >= 0.6 is 24.0 Å². The van der Waals surface area contributed by atoms with E-state index in [1.54, 1.807) is 12.1 Å². The smallest absolute Gasteiger partial charge is 0.242 e. The van der Waals surface area contributed by atoms with E-state index in [1.165, 1.54) is 29.3 Å². The largest absolute Gasteiger partial charge is 0.492 e. The molecule has 10 heteroatoms. The second-order valence-electron chi connectivity index (χ2n) is 10.1. The Hall–Kier alpha value is -2.36. The zero-order valence-corrected chi connectivity index (χ0v) is 24.5. The van der Waals surface area contributed by atoms with Gasteiger partial charge in [0.1, 0.15) is 23.1 Å². The Kier molecular flexibility index (Phi) is 9.78. The van der Waals surface area contributed by atoms with Gasteiger partial charge in [0.25, 0.3) is 0 Å². The number of ether oxygens (including phenoxy) is 1. The van der Waals surface area contributed by atoms with E-state index in [9.17, 15) is 8.42 Å². The summed E-state index contributed by atoms with van der Waals surface area (Å²) in [7, 11) is -3.66. The summed E-state index contributed by atoms with van der Waals surface area (Å²) in [6, 6.07) is 18.0. The van der Waals surface area contributed by atoms with Crippen LogP contribution in [0.3, 0.4) is 0 Å². The third-order valence-corrected chi connectivity index (χ3v) is 9.35. The van der Waals surface area contributed by atoms with E-state index in [2.05, 4.69) is 51.5 Å². The molecule has 1 unspecified atom stereocenters. The Morgan fingerprint density at radius 1 is 1.10 bits per heavy atom. The Labute approximate surface area is 242 Å². The predicted molar refractivity (Wildman–Crippen MR) is 159 cm³/mol. The van der Waals surface area contributed by atoms with E-state index in [0.29, 0.717) is 5.82 Å². The van der Waals surface area contributed by atoms with Crippen LogP contribution in [-0.4, -0.2) is 39.6 Å². The van der Waals surface area contributed by atoms with E-state index in [4.69, 9.17) is 16.3 Å². The van der Waals surface area contributed by atoms with Crippen molar-refractivity contribution in [2.24, 2.45) is 0 Å². The molecule has 7 nitrogen and oxygen atoms in total. The average molecular weight is 592 g/mol. The summed E-state index contributed by atoms with van der Waals surface area (Å²) in [5.74, 6) is 1.41. The first-order valence-electron chi connectivity index (χ1n) is 13.4. The Bertz CT molecular complexity index is 1350. The number of nitrogens with zero attached hydrogens (tertiary/aromatic N) is 1. The standard InChI is InChI=1S/C29H35ClN4O3S.ClH/c1-2-15-31-27-11-10-25(20-33-27)38(35,36)34-17-18-37-24-9-4-21-12-16-32-28(26(21)19-24)29(13-3-14-29)22-5-7-23(30)8-6-22;/h4-11,19-20,28,32,34H,2-3,12-18H2,1H3,(H,31,33);1H. The first kappa shape index (κ1) is 29.6. The molecule has 1 aliphatic carbocycles. The molecule has 5 rings (SSSR count). The van der Waals surface area contributed by atoms with Gasteiger partial charge in [0, 0.05) is 35.8 Å². The second-order valence-corrected chi connectivity index (χ2v) is 12.3. The average Bonchev–Trinajstić information content (AvgIpc) is 2.91. The molecular weight excluding hydrogens is 555 g/mol. The third-order valence-electron chi connectivity index (χ3n) is 7.65. The molecule has 1 saturated carbocycles. The van der Waals surface area contributed by atoms with Crippen molar-refractivity contribution in [3.05, 3.63) is 82.5 Å². The van der Waals surface area contributed by atoms with Crippen molar-refractivity contribution in [1.29, 1.82) is 0 Å². The minimum Gasteiger partial charge on any atom is -0.492 e. The number of aromatic nitrogens is 1. The number of anilines is 1. The van der Waals surface area contributed by atoms with E-state index in [0.717, 1.165) is 49.5 Å². The first-order chi connectivity index (χ1) is 18.4. The number of fused-ring (bicyclic) bond motifs is 1. The summed E-state index contributed by atoms with van der Waals surface area (Å²) >= 11 is 6.18. The van der Waals surface area contributed by atoms with Gasteiger partial charge in [0.15, 0.2) is 0 Å².